The zero-order valence-electron chi connectivity index (χ0n) is 12.4. The molecule has 1 atom stereocenters. The summed E-state index contributed by atoms with van der Waals surface area (Å²) in [6.07, 6.45) is 3.58. The number of ether oxygens (including phenoxy) is 1. The van der Waals surface area contributed by atoms with E-state index in [0.29, 0.717) is 12.6 Å². The number of aryl methyl sites for hydroxylation is 2. The minimum absolute atomic E-state index is 0.347. The molecule has 0 spiro atoms. The maximum atomic E-state index is 5.79. The van der Waals surface area contributed by atoms with Gasteiger partial charge in [0.1, 0.15) is 5.82 Å². The molecule has 108 valence electrons. The van der Waals surface area contributed by atoms with Crippen molar-refractivity contribution in [3.05, 3.63) is 11.3 Å². The lowest BCUT2D eigenvalue weighted by molar-refractivity contribution is 0.0523. The molecule has 1 aliphatic heterocycles. The minimum atomic E-state index is 0.347. The summed E-state index contributed by atoms with van der Waals surface area (Å²) in [6, 6.07) is 0. The maximum Gasteiger partial charge on any atom is 0.130 e. The molecule has 1 aromatic heterocycles. The van der Waals surface area contributed by atoms with E-state index in [-0.39, 0.29) is 0 Å². The fourth-order valence-electron chi connectivity index (χ4n) is 3.02. The Bertz CT molecular complexity index is 414. The number of hydrogen-bond acceptors (Lipinski definition) is 4. The third kappa shape index (κ3) is 3.09. The Hall–Kier alpha value is -1.07. The summed E-state index contributed by atoms with van der Waals surface area (Å²) >= 11 is 0. The highest BCUT2D eigenvalue weighted by molar-refractivity contribution is 5.51. The molecule has 0 aromatic carbocycles. The summed E-state index contributed by atoms with van der Waals surface area (Å²) in [5.41, 5.74) is 8.12. The van der Waals surface area contributed by atoms with Gasteiger partial charge >= 0.3 is 0 Å². The SMILES string of the molecule is CCOC1CCCN(c2c(CCN)c(C)nn2C)C1. The number of nitrogens with two attached hydrogens (primary N) is 1. The van der Waals surface area contributed by atoms with Crippen molar-refractivity contribution in [2.24, 2.45) is 12.8 Å². The molecule has 2 heterocycles. The van der Waals surface area contributed by atoms with Crippen molar-refractivity contribution >= 4 is 5.82 Å². The second-order valence-corrected chi connectivity index (χ2v) is 5.22. The summed E-state index contributed by atoms with van der Waals surface area (Å²) in [6.45, 7) is 7.64. The zero-order valence-corrected chi connectivity index (χ0v) is 12.4. The quantitative estimate of drug-likeness (QED) is 0.871. The highest BCUT2D eigenvalue weighted by Crippen LogP contribution is 2.27. The van der Waals surface area contributed by atoms with Crippen molar-refractivity contribution in [3.8, 4) is 0 Å². The average molecular weight is 266 g/mol. The van der Waals surface area contributed by atoms with E-state index < -0.39 is 0 Å². The smallest absolute Gasteiger partial charge is 0.130 e. The molecule has 1 aromatic rings. The number of anilines is 1. The fraction of sp³-hybridized carbons (Fsp3) is 0.786. The predicted octanol–water partition coefficient (Wildman–Crippen LogP) is 1.24. The number of nitrogens with zero attached hydrogens (tertiary/aromatic N) is 3. The largest absolute Gasteiger partial charge is 0.377 e. The molecule has 0 saturated carbocycles. The van der Waals surface area contributed by atoms with Crippen LogP contribution in [-0.2, 0) is 18.2 Å². The zero-order chi connectivity index (χ0) is 13.8. The second kappa shape index (κ2) is 6.39. The van der Waals surface area contributed by atoms with E-state index in [1.54, 1.807) is 0 Å². The van der Waals surface area contributed by atoms with Crippen LogP contribution in [0, 0.1) is 6.92 Å². The number of piperidine rings is 1. The molecule has 0 amide bonds. The Morgan fingerprint density at radius 2 is 2.26 bits per heavy atom. The molecule has 5 nitrogen and oxygen atoms in total. The van der Waals surface area contributed by atoms with Crippen LogP contribution in [0.4, 0.5) is 5.82 Å². The van der Waals surface area contributed by atoms with E-state index in [9.17, 15) is 0 Å². The van der Waals surface area contributed by atoms with E-state index in [2.05, 4.69) is 23.8 Å². The molecule has 2 rings (SSSR count). The fourth-order valence-corrected chi connectivity index (χ4v) is 3.02. The lowest BCUT2D eigenvalue weighted by Crippen LogP contribution is -2.41. The highest BCUT2D eigenvalue weighted by Gasteiger charge is 2.25. The van der Waals surface area contributed by atoms with Crippen LogP contribution in [-0.4, -0.2) is 42.1 Å². The van der Waals surface area contributed by atoms with Crippen LogP contribution in [0.1, 0.15) is 31.0 Å². The van der Waals surface area contributed by atoms with Crippen LogP contribution in [0.15, 0.2) is 0 Å². The first kappa shape index (κ1) is 14.3. The topological polar surface area (TPSA) is 56.3 Å². The van der Waals surface area contributed by atoms with Gasteiger partial charge in [-0.3, -0.25) is 4.68 Å². The maximum absolute atomic E-state index is 5.79. The van der Waals surface area contributed by atoms with Crippen molar-refractivity contribution in [2.75, 3.05) is 31.1 Å². The van der Waals surface area contributed by atoms with Crippen LogP contribution < -0.4 is 10.6 Å². The first-order valence-corrected chi connectivity index (χ1v) is 7.26. The van der Waals surface area contributed by atoms with Crippen molar-refractivity contribution < 1.29 is 4.74 Å². The number of hydrogen-bond donors (Lipinski definition) is 1. The number of rotatable bonds is 5. The van der Waals surface area contributed by atoms with Crippen LogP contribution >= 0.6 is 0 Å². The lowest BCUT2D eigenvalue weighted by atomic mass is 10.1. The summed E-state index contributed by atoms with van der Waals surface area (Å²) in [4.78, 5) is 2.41. The molecule has 1 saturated heterocycles. The van der Waals surface area contributed by atoms with Gasteiger partial charge in [-0.05, 0) is 39.7 Å². The summed E-state index contributed by atoms with van der Waals surface area (Å²) in [5, 5.41) is 4.55. The van der Waals surface area contributed by atoms with Crippen molar-refractivity contribution in [3.63, 3.8) is 0 Å². The van der Waals surface area contributed by atoms with E-state index in [4.69, 9.17) is 10.5 Å². The highest BCUT2D eigenvalue weighted by atomic mass is 16.5. The first-order valence-electron chi connectivity index (χ1n) is 7.26. The Labute approximate surface area is 115 Å². The third-order valence-electron chi connectivity index (χ3n) is 3.79. The molecule has 0 radical (unpaired) electrons. The van der Waals surface area contributed by atoms with Crippen LogP contribution in [0.3, 0.4) is 0 Å². The minimum Gasteiger partial charge on any atom is -0.377 e. The monoisotopic (exact) mass is 266 g/mol. The van der Waals surface area contributed by atoms with Crippen molar-refractivity contribution in [1.82, 2.24) is 9.78 Å². The standard InChI is InChI=1S/C14H26N4O/c1-4-19-12-6-5-9-18(10-12)14-13(7-8-15)11(2)16-17(14)3/h12H,4-10,15H2,1-3H3. The normalized spacial score (nSPS) is 20.0. The molecule has 0 aliphatic carbocycles. The molecule has 0 bridgehead atoms. The van der Waals surface area contributed by atoms with Gasteiger partial charge in [-0.1, -0.05) is 0 Å². The summed E-state index contributed by atoms with van der Waals surface area (Å²) in [5.74, 6) is 1.23. The Morgan fingerprint density at radius 1 is 1.47 bits per heavy atom. The predicted molar refractivity (Wildman–Crippen MR) is 77.6 cm³/mol. The Kier molecular flexibility index (Phi) is 4.82. The molecule has 2 N–H and O–H groups in total. The molecule has 19 heavy (non-hydrogen) atoms. The first-order chi connectivity index (χ1) is 9.17. The summed E-state index contributed by atoms with van der Waals surface area (Å²) in [7, 11) is 2.02. The molecule has 1 aliphatic rings. The van der Waals surface area contributed by atoms with Crippen LogP contribution in [0.2, 0.25) is 0 Å². The Morgan fingerprint density at radius 3 is 2.95 bits per heavy atom. The van der Waals surface area contributed by atoms with Gasteiger partial charge in [0.25, 0.3) is 0 Å². The van der Waals surface area contributed by atoms with Gasteiger partial charge < -0.3 is 15.4 Å². The van der Waals surface area contributed by atoms with E-state index >= 15 is 0 Å². The van der Waals surface area contributed by atoms with Gasteiger partial charge in [-0.25, -0.2) is 0 Å². The Balaban J connectivity index is 2.20. The van der Waals surface area contributed by atoms with Crippen molar-refractivity contribution in [2.45, 2.75) is 39.2 Å². The van der Waals surface area contributed by atoms with Gasteiger partial charge in [0.2, 0.25) is 0 Å². The number of aromatic nitrogens is 2. The van der Waals surface area contributed by atoms with Gasteiger partial charge in [0, 0.05) is 32.3 Å². The lowest BCUT2D eigenvalue weighted by Gasteiger charge is -2.34. The van der Waals surface area contributed by atoms with Crippen LogP contribution in [0.5, 0.6) is 0 Å². The second-order valence-electron chi connectivity index (χ2n) is 5.22. The van der Waals surface area contributed by atoms with Crippen LogP contribution in [0.25, 0.3) is 0 Å². The molecule has 5 heteroatoms. The molecule has 1 fully saturated rings. The van der Waals surface area contributed by atoms with Gasteiger partial charge in [0.15, 0.2) is 0 Å². The van der Waals surface area contributed by atoms with E-state index in [1.807, 2.05) is 11.7 Å². The van der Waals surface area contributed by atoms with Gasteiger partial charge in [-0.2, -0.15) is 5.10 Å². The van der Waals surface area contributed by atoms with Crippen molar-refractivity contribution in [1.29, 1.82) is 0 Å². The molecule has 1 unspecified atom stereocenters. The van der Waals surface area contributed by atoms with Gasteiger partial charge in [0.05, 0.1) is 11.8 Å². The average Bonchev–Trinajstić information content (AvgIpc) is 2.66. The van der Waals surface area contributed by atoms with E-state index in [1.165, 1.54) is 17.8 Å². The van der Waals surface area contributed by atoms with E-state index in [0.717, 1.165) is 38.2 Å². The molecular formula is C14H26N4O. The summed E-state index contributed by atoms with van der Waals surface area (Å²) < 4.78 is 7.78. The third-order valence-corrected chi connectivity index (χ3v) is 3.79. The molecular weight excluding hydrogens is 240 g/mol. The van der Waals surface area contributed by atoms with Gasteiger partial charge in [-0.15, -0.1) is 0 Å².